The number of carbonyl (C=O) groups is 1. The second-order valence-corrected chi connectivity index (χ2v) is 9.16. The van der Waals surface area contributed by atoms with Gasteiger partial charge in [-0.25, -0.2) is 4.98 Å². The maximum Gasteiger partial charge on any atom is 0.263 e. The number of piperidine rings is 1. The van der Waals surface area contributed by atoms with E-state index in [1.807, 2.05) is 47.0 Å². The van der Waals surface area contributed by atoms with E-state index >= 15 is 0 Å². The van der Waals surface area contributed by atoms with Gasteiger partial charge in [0.1, 0.15) is 11.4 Å². The van der Waals surface area contributed by atoms with Gasteiger partial charge in [0, 0.05) is 56.1 Å². The summed E-state index contributed by atoms with van der Waals surface area (Å²) in [5.74, 6) is 1.28. The quantitative estimate of drug-likeness (QED) is 0.751. The zero-order valence-corrected chi connectivity index (χ0v) is 17.8. The van der Waals surface area contributed by atoms with Crippen molar-refractivity contribution in [2.24, 2.45) is 5.92 Å². The molecule has 8 heteroatoms. The standard InChI is InChI=1S/C23H29N5O3/c1-26-13-17(9-18(26)14-29)25-22(30)19-5-6-20-16-8-15(11-28(20)23(19)31)10-27(12-16)21-4-2-3-7-24-21/h2-7,15-18,29H,8-14H2,1H3,(H,25,30)/t15-,16+,17+,18-/m0/s1. The highest BCUT2D eigenvalue weighted by Gasteiger charge is 2.36. The van der Waals surface area contributed by atoms with Crippen molar-refractivity contribution in [1.82, 2.24) is 19.8 Å². The van der Waals surface area contributed by atoms with E-state index in [1.165, 1.54) is 0 Å². The zero-order valence-electron chi connectivity index (χ0n) is 17.8. The number of carbonyl (C=O) groups excluding carboxylic acids is 1. The van der Waals surface area contributed by atoms with E-state index in [0.717, 1.165) is 31.0 Å². The molecule has 5 heterocycles. The molecule has 2 aromatic heterocycles. The summed E-state index contributed by atoms with van der Waals surface area (Å²) in [6.45, 7) is 3.08. The fraction of sp³-hybridized carbons (Fsp3) is 0.522. The summed E-state index contributed by atoms with van der Waals surface area (Å²) in [5.41, 5.74) is 1.03. The van der Waals surface area contributed by atoms with E-state index in [-0.39, 0.29) is 41.6 Å². The number of hydrogen-bond donors (Lipinski definition) is 2. The fourth-order valence-electron chi connectivity index (χ4n) is 5.51. The van der Waals surface area contributed by atoms with Gasteiger partial charge in [-0.05, 0) is 50.1 Å². The van der Waals surface area contributed by atoms with Gasteiger partial charge < -0.3 is 19.9 Å². The molecule has 3 aliphatic rings. The molecule has 8 nitrogen and oxygen atoms in total. The Kier molecular flexibility index (Phi) is 5.27. The first-order chi connectivity index (χ1) is 15.0. The van der Waals surface area contributed by atoms with Gasteiger partial charge in [0.2, 0.25) is 0 Å². The molecule has 164 valence electrons. The van der Waals surface area contributed by atoms with Gasteiger partial charge in [0.15, 0.2) is 0 Å². The molecule has 0 saturated carbocycles. The molecule has 2 aromatic rings. The molecule has 0 aliphatic carbocycles. The molecule has 2 N–H and O–H groups in total. The number of nitrogens with zero attached hydrogens (tertiary/aromatic N) is 4. The number of amides is 1. The Morgan fingerprint density at radius 3 is 2.77 bits per heavy atom. The van der Waals surface area contributed by atoms with Gasteiger partial charge >= 0.3 is 0 Å². The second kappa shape index (κ2) is 8.09. The average Bonchev–Trinajstić information content (AvgIpc) is 3.13. The molecule has 31 heavy (non-hydrogen) atoms. The van der Waals surface area contributed by atoms with E-state index in [4.69, 9.17) is 0 Å². The normalized spacial score (nSPS) is 27.7. The van der Waals surface area contributed by atoms with Crippen molar-refractivity contribution in [2.75, 3.05) is 38.2 Å². The Balaban J connectivity index is 1.35. The van der Waals surface area contributed by atoms with Gasteiger partial charge in [-0.2, -0.15) is 0 Å². The van der Waals surface area contributed by atoms with E-state index in [1.54, 1.807) is 6.07 Å². The molecule has 0 aromatic carbocycles. The molecule has 4 atom stereocenters. The van der Waals surface area contributed by atoms with Crippen LogP contribution in [-0.4, -0.2) is 70.8 Å². The lowest BCUT2D eigenvalue weighted by Gasteiger charge is -2.43. The van der Waals surface area contributed by atoms with Crippen LogP contribution in [0.15, 0.2) is 41.3 Å². The highest BCUT2D eigenvalue weighted by atomic mass is 16.3. The molecule has 0 unspecified atom stereocenters. The first kappa shape index (κ1) is 20.2. The van der Waals surface area contributed by atoms with Crippen LogP contribution in [-0.2, 0) is 6.54 Å². The van der Waals surface area contributed by atoms with Gasteiger partial charge in [0.05, 0.1) is 6.61 Å². The molecule has 1 amide bonds. The van der Waals surface area contributed by atoms with Crippen LogP contribution in [0.5, 0.6) is 0 Å². The summed E-state index contributed by atoms with van der Waals surface area (Å²) in [5, 5.41) is 12.4. The second-order valence-electron chi connectivity index (χ2n) is 9.16. The van der Waals surface area contributed by atoms with E-state index in [0.29, 0.717) is 25.4 Å². The predicted octanol–water partition coefficient (Wildman–Crippen LogP) is 0.662. The molecule has 2 fully saturated rings. The first-order valence-electron chi connectivity index (χ1n) is 11.0. The number of likely N-dealkylation sites (tertiary alicyclic amines) is 1. The third-order valence-electron chi connectivity index (χ3n) is 7.06. The number of anilines is 1. The maximum atomic E-state index is 13.2. The van der Waals surface area contributed by atoms with Crippen LogP contribution < -0.4 is 15.8 Å². The number of aromatic nitrogens is 2. The van der Waals surface area contributed by atoms with Crippen LogP contribution in [0.25, 0.3) is 0 Å². The van der Waals surface area contributed by atoms with Crippen LogP contribution in [0.3, 0.4) is 0 Å². The minimum absolute atomic E-state index is 0.0522. The summed E-state index contributed by atoms with van der Waals surface area (Å²) in [6, 6.07) is 9.59. The van der Waals surface area contributed by atoms with E-state index in [9.17, 15) is 14.7 Å². The fourth-order valence-corrected chi connectivity index (χ4v) is 5.51. The van der Waals surface area contributed by atoms with Crippen LogP contribution in [0.2, 0.25) is 0 Å². The predicted molar refractivity (Wildman–Crippen MR) is 117 cm³/mol. The smallest absolute Gasteiger partial charge is 0.263 e. The Bertz CT molecular complexity index is 1020. The molecule has 2 bridgehead atoms. The SMILES string of the molecule is CN1C[C@H](NC(=O)c2ccc3n(c2=O)C[C@H]2C[C@@H]3CN(c3ccccn3)C2)C[C@H]1CO. The summed E-state index contributed by atoms with van der Waals surface area (Å²) >= 11 is 0. The average molecular weight is 424 g/mol. The summed E-state index contributed by atoms with van der Waals surface area (Å²) in [7, 11) is 1.94. The van der Waals surface area contributed by atoms with Crippen LogP contribution in [0, 0.1) is 5.92 Å². The van der Waals surface area contributed by atoms with Crippen LogP contribution >= 0.6 is 0 Å². The molecular weight excluding hydrogens is 394 g/mol. The monoisotopic (exact) mass is 423 g/mol. The summed E-state index contributed by atoms with van der Waals surface area (Å²) in [6.07, 6.45) is 3.57. The minimum Gasteiger partial charge on any atom is -0.395 e. The Hall–Kier alpha value is -2.71. The van der Waals surface area contributed by atoms with Gasteiger partial charge in [-0.1, -0.05) is 6.07 Å². The van der Waals surface area contributed by atoms with Gasteiger partial charge in [0.25, 0.3) is 11.5 Å². The van der Waals surface area contributed by atoms with Crippen molar-refractivity contribution in [2.45, 2.75) is 37.4 Å². The number of aliphatic hydroxyl groups excluding tert-OH is 1. The topological polar surface area (TPSA) is 90.7 Å². The third-order valence-corrected chi connectivity index (χ3v) is 7.06. The zero-order chi connectivity index (χ0) is 21.5. The molecule has 2 saturated heterocycles. The van der Waals surface area contributed by atoms with E-state index in [2.05, 4.69) is 15.2 Å². The lowest BCUT2D eigenvalue weighted by molar-refractivity contribution is 0.0935. The van der Waals surface area contributed by atoms with Crippen molar-refractivity contribution in [3.63, 3.8) is 0 Å². The molecule has 0 radical (unpaired) electrons. The first-order valence-corrected chi connectivity index (χ1v) is 11.0. The van der Waals surface area contributed by atoms with Gasteiger partial charge in [-0.3, -0.25) is 14.5 Å². The largest absolute Gasteiger partial charge is 0.395 e. The Labute approximate surface area is 181 Å². The van der Waals surface area contributed by atoms with E-state index < -0.39 is 0 Å². The Morgan fingerprint density at radius 1 is 1.16 bits per heavy atom. The molecule has 3 aliphatic heterocycles. The highest BCUT2D eigenvalue weighted by molar-refractivity contribution is 5.94. The van der Waals surface area contributed by atoms with Crippen molar-refractivity contribution < 1.29 is 9.90 Å². The molecular formula is C23H29N5O3. The summed E-state index contributed by atoms with van der Waals surface area (Å²) < 4.78 is 1.82. The Morgan fingerprint density at radius 2 is 2.03 bits per heavy atom. The van der Waals surface area contributed by atoms with Gasteiger partial charge in [-0.15, -0.1) is 0 Å². The minimum atomic E-state index is -0.317. The number of nitrogens with one attached hydrogen (secondary N) is 1. The maximum absolute atomic E-state index is 13.2. The number of likely N-dealkylation sites (N-methyl/N-ethyl adjacent to an activating group) is 1. The number of rotatable bonds is 4. The van der Waals surface area contributed by atoms with Crippen molar-refractivity contribution >= 4 is 11.7 Å². The molecule has 5 rings (SSSR count). The molecule has 0 spiro atoms. The van der Waals surface area contributed by atoms with Crippen LogP contribution in [0.4, 0.5) is 5.82 Å². The summed E-state index contributed by atoms with van der Waals surface area (Å²) in [4.78, 5) is 34.9. The van der Waals surface area contributed by atoms with Crippen molar-refractivity contribution in [3.05, 3.63) is 58.1 Å². The number of aliphatic hydroxyl groups is 1. The van der Waals surface area contributed by atoms with Crippen molar-refractivity contribution in [1.29, 1.82) is 0 Å². The number of pyridine rings is 2. The van der Waals surface area contributed by atoms with Crippen LogP contribution in [0.1, 0.15) is 34.8 Å². The van der Waals surface area contributed by atoms with Crippen molar-refractivity contribution in [3.8, 4) is 0 Å². The highest BCUT2D eigenvalue weighted by Crippen LogP contribution is 2.36. The lowest BCUT2D eigenvalue weighted by atomic mass is 9.83. The lowest BCUT2D eigenvalue weighted by Crippen LogP contribution is -2.48. The number of hydrogen-bond acceptors (Lipinski definition) is 6. The number of fused-ring (bicyclic) bond motifs is 4. The third kappa shape index (κ3) is 3.74.